The number of benzene rings is 1. The van der Waals surface area contributed by atoms with Gasteiger partial charge < -0.3 is 19.1 Å². The Kier molecular flexibility index (Phi) is 5.35. The minimum Gasteiger partial charge on any atom is -0.468 e. The molecule has 2 aliphatic heterocycles. The van der Waals surface area contributed by atoms with Crippen molar-refractivity contribution < 1.29 is 33.5 Å². The van der Waals surface area contributed by atoms with Gasteiger partial charge in [0.2, 0.25) is 5.72 Å². The smallest absolute Gasteiger partial charge is 0.336 e. The number of nitro benzene ring substituents is 1. The number of para-hydroxylation sites is 1. The number of halogens is 1. The van der Waals surface area contributed by atoms with Crippen molar-refractivity contribution in [2.24, 2.45) is 0 Å². The van der Waals surface area contributed by atoms with Gasteiger partial charge >= 0.3 is 17.9 Å². The zero-order valence-corrected chi connectivity index (χ0v) is 18.2. The number of carbonyl (C=O) groups is 3. The Balaban J connectivity index is 2.46. The van der Waals surface area contributed by atoms with E-state index in [-0.39, 0.29) is 23.4 Å². The van der Waals surface area contributed by atoms with Crippen LogP contribution in [0, 0.1) is 10.1 Å². The molecule has 0 amide bonds. The molecule has 3 atom stereocenters. The van der Waals surface area contributed by atoms with Gasteiger partial charge in [-0.05, 0) is 13.8 Å². The summed E-state index contributed by atoms with van der Waals surface area (Å²) in [5, 5.41) is 11.7. The number of nitrogens with zero attached hydrogens (tertiary/aromatic N) is 2. The van der Waals surface area contributed by atoms with Crippen LogP contribution < -0.4 is 0 Å². The molecule has 10 nitrogen and oxygen atoms in total. The number of carbonyl (C=O) groups excluding carboxylic acids is 3. The molecule has 0 N–H and O–H groups in total. The van der Waals surface area contributed by atoms with Crippen molar-refractivity contribution in [1.29, 1.82) is 0 Å². The summed E-state index contributed by atoms with van der Waals surface area (Å²) in [5.74, 6) is -3.56. The number of allylic oxidation sites excluding steroid dienone is 1. The molecule has 0 radical (unpaired) electrons. The van der Waals surface area contributed by atoms with E-state index in [9.17, 15) is 24.5 Å². The second kappa shape index (κ2) is 7.38. The molecule has 0 bridgehead atoms. The highest BCUT2D eigenvalue weighted by molar-refractivity contribution is 9.10. The molecule has 0 aromatic heterocycles. The third-order valence-electron chi connectivity index (χ3n) is 5.60. The normalized spacial score (nSPS) is 28.0. The number of alkyl halides is 1. The standard InChI is InChI=1S/C19H19BrN2O8/c1-10-14(16(24)28-3)15(11-7-5-6-8-12(11)22(26)27)19(20,17(25)29-4)18(2)21(10)9-13(23)30-18/h5-8,15H,9H2,1-4H3/t15?,18-,19-/m0/s1. The second-order valence-corrected chi connectivity index (χ2v) is 8.24. The Morgan fingerprint density at radius 1 is 1.30 bits per heavy atom. The molecule has 2 aliphatic rings. The molecule has 3 rings (SSSR count). The van der Waals surface area contributed by atoms with Crippen molar-refractivity contribution in [3.8, 4) is 0 Å². The first kappa shape index (κ1) is 21.8. The van der Waals surface area contributed by atoms with Crippen LogP contribution in [0.5, 0.6) is 0 Å². The summed E-state index contributed by atoms with van der Waals surface area (Å²) in [7, 11) is 2.29. The first-order chi connectivity index (χ1) is 14.0. The Hall–Kier alpha value is -2.95. The zero-order chi connectivity index (χ0) is 22.4. The number of methoxy groups -OCH3 is 2. The fourth-order valence-electron chi connectivity index (χ4n) is 4.22. The minimum absolute atomic E-state index is 0.0233. The molecule has 1 aromatic carbocycles. The van der Waals surface area contributed by atoms with Crippen molar-refractivity contribution in [3.05, 3.63) is 51.2 Å². The molecule has 0 saturated carbocycles. The van der Waals surface area contributed by atoms with Crippen LogP contribution in [0.25, 0.3) is 0 Å². The Morgan fingerprint density at radius 3 is 2.50 bits per heavy atom. The zero-order valence-electron chi connectivity index (χ0n) is 16.6. The monoisotopic (exact) mass is 482 g/mol. The number of ether oxygens (including phenoxy) is 3. The summed E-state index contributed by atoms with van der Waals surface area (Å²) < 4.78 is 13.6. The number of fused-ring (bicyclic) bond motifs is 1. The van der Waals surface area contributed by atoms with E-state index < -0.39 is 38.8 Å². The second-order valence-electron chi connectivity index (χ2n) is 6.99. The molecular formula is C19H19BrN2O8. The van der Waals surface area contributed by atoms with E-state index in [0.29, 0.717) is 5.70 Å². The van der Waals surface area contributed by atoms with Crippen molar-refractivity contribution in [2.45, 2.75) is 29.8 Å². The maximum atomic E-state index is 13.1. The lowest BCUT2D eigenvalue weighted by molar-refractivity contribution is -0.385. The lowest BCUT2D eigenvalue weighted by Crippen LogP contribution is -2.67. The first-order valence-corrected chi connectivity index (χ1v) is 9.63. The van der Waals surface area contributed by atoms with Gasteiger partial charge in [0.25, 0.3) is 5.69 Å². The lowest BCUT2D eigenvalue weighted by Gasteiger charge is -2.52. The van der Waals surface area contributed by atoms with Crippen molar-refractivity contribution >= 4 is 39.5 Å². The first-order valence-electron chi connectivity index (χ1n) is 8.83. The molecule has 1 fully saturated rings. The maximum absolute atomic E-state index is 13.1. The van der Waals surface area contributed by atoms with Gasteiger partial charge in [0.05, 0.1) is 30.6 Å². The average molecular weight is 483 g/mol. The van der Waals surface area contributed by atoms with Gasteiger partial charge in [-0.2, -0.15) is 0 Å². The van der Waals surface area contributed by atoms with Crippen LogP contribution >= 0.6 is 15.9 Å². The van der Waals surface area contributed by atoms with Crippen LogP contribution in [0.1, 0.15) is 25.3 Å². The van der Waals surface area contributed by atoms with Crippen LogP contribution in [0.15, 0.2) is 35.5 Å². The number of hydrogen-bond acceptors (Lipinski definition) is 9. The summed E-state index contributed by atoms with van der Waals surface area (Å²) in [5.41, 5.74) is -1.60. The van der Waals surface area contributed by atoms with Crippen LogP contribution in [-0.4, -0.2) is 58.5 Å². The molecule has 11 heteroatoms. The predicted molar refractivity (Wildman–Crippen MR) is 105 cm³/mol. The molecule has 160 valence electrons. The van der Waals surface area contributed by atoms with E-state index in [2.05, 4.69) is 15.9 Å². The van der Waals surface area contributed by atoms with Gasteiger partial charge in [-0.1, -0.05) is 34.1 Å². The summed E-state index contributed by atoms with van der Waals surface area (Å²) in [6, 6.07) is 5.72. The molecule has 30 heavy (non-hydrogen) atoms. The topological polar surface area (TPSA) is 125 Å². The van der Waals surface area contributed by atoms with Gasteiger partial charge in [0.15, 0.2) is 4.32 Å². The lowest BCUT2D eigenvalue weighted by atomic mass is 9.70. The third kappa shape index (κ3) is 2.79. The van der Waals surface area contributed by atoms with E-state index in [0.717, 1.165) is 14.2 Å². The van der Waals surface area contributed by atoms with E-state index in [1.165, 1.54) is 30.0 Å². The number of rotatable bonds is 4. The summed E-state index contributed by atoms with van der Waals surface area (Å²) in [4.78, 5) is 50.8. The van der Waals surface area contributed by atoms with Crippen LogP contribution in [0.3, 0.4) is 0 Å². The summed E-state index contributed by atoms with van der Waals surface area (Å²) in [6.07, 6.45) is 0. The van der Waals surface area contributed by atoms with E-state index in [4.69, 9.17) is 14.2 Å². The third-order valence-corrected chi connectivity index (χ3v) is 7.12. The van der Waals surface area contributed by atoms with Gasteiger partial charge in [0.1, 0.15) is 6.54 Å². The highest BCUT2D eigenvalue weighted by atomic mass is 79.9. The highest BCUT2D eigenvalue weighted by Gasteiger charge is 2.71. The molecule has 1 saturated heterocycles. The molecule has 2 heterocycles. The molecule has 0 aliphatic carbocycles. The number of nitro groups is 1. The molecule has 0 spiro atoms. The van der Waals surface area contributed by atoms with Gasteiger partial charge in [-0.3, -0.25) is 19.7 Å². The number of hydrogen-bond donors (Lipinski definition) is 0. The largest absolute Gasteiger partial charge is 0.468 e. The molecule has 1 unspecified atom stereocenters. The van der Waals surface area contributed by atoms with Crippen molar-refractivity contribution in [2.75, 3.05) is 20.8 Å². The van der Waals surface area contributed by atoms with Crippen molar-refractivity contribution in [1.82, 2.24) is 4.90 Å². The van der Waals surface area contributed by atoms with Crippen LogP contribution in [0.4, 0.5) is 5.69 Å². The quantitative estimate of drug-likeness (QED) is 0.208. The molecule has 1 aromatic rings. The van der Waals surface area contributed by atoms with E-state index >= 15 is 0 Å². The van der Waals surface area contributed by atoms with Gasteiger partial charge in [0, 0.05) is 17.3 Å². The average Bonchev–Trinajstić information content (AvgIpc) is 3.05. The number of esters is 3. The van der Waals surface area contributed by atoms with Crippen LogP contribution in [-0.2, 0) is 28.6 Å². The van der Waals surface area contributed by atoms with Crippen molar-refractivity contribution in [3.63, 3.8) is 0 Å². The van der Waals surface area contributed by atoms with E-state index in [1.54, 1.807) is 13.0 Å². The summed E-state index contributed by atoms with van der Waals surface area (Å²) in [6.45, 7) is 2.83. The summed E-state index contributed by atoms with van der Waals surface area (Å²) >= 11 is 3.41. The predicted octanol–water partition coefficient (Wildman–Crippen LogP) is 2.02. The maximum Gasteiger partial charge on any atom is 0.336 e. The SMILES string of the molecule is COC(=O)C1=C(C)N2CC(=O)O[C@@]2(C)[C@@](Br)(C(=O)OC)C1c1ccccc1[N+](=O)[O-]. The Labute approximate surface area is 180 Å². The van der Waals surface area contributed by atoms with E-state index in [1.807, 2.05) is 0 Å². The Bertz CT molecular complexity index is 993. The Morgan fingerprint density at radius 2 is 1.93 bits per heavy atom. The molecular weight excluding hydrogens is 464 g/mol. The fourth-order valence-corrected chi connectivity index (χ4v) is 5.15. The van der Waals surface area contributed by atoms with Crippen LogP contribution in [0.2, 0.25) is 0 Å². The fraction of sp³-hybridized carbons (Fsp3) is 0.421. The highest BCUT2D eigenvalue weighted by Crippen LogP contribution is 2.58. The van der Waals surface area contributed by atoms with Gasteiger partial charge in [-0.25, -0.2) is 4.79 Å². The van der Waals surface area contributed by atoms with Gasteiger partial charge in [-0.15, -0.1) is 0 Å². The minimum atomic E-state index is -1.89.